The number of aryl methyl sites for hydroxylation is 1. The second kappa shape index (κ2) is 18.8. The Morgan fingerprint density at radius 3 is 2.55 bits per heavy atom. The average molecular weight is 722 g/mol. The summed E-state index contributed by atoms with van der Waals surface area (Å²) in [5.41, 5.74) is 3.06. The molecule has 2 unspecified atom stereocenters. The zero-order chi connectivity index (χ0) is 36.2. The van der Waals surface area contributed by atoms with Crippen LogP contribution in [0.4, 0.5) is 5.69 Å². The van der Waals surface area contributed by atoms with E-state index >= 15 is 0 Å². The molecule has 0 aliphatic carbocycles. The summed E-state index contributed by atoms with van der Waals surface area (Å²) >= 11 is 0. The Labute approximate surface area is 302 Å². The summed E-state index contributed by atoms with van der Waals surface area (Å²) < 4.78 is 58.4. The van der Waals surface area contributed by atoms with Crippen LogP contribution in [0.2, 0.25) is 0 Å². The summed E-state index contributed by atoms with van der Waals surface area (Å²) in [6.45, 7) is 8.94. The quantitative estimate of drug-likeness (QED) is 0.104. The first-order valence-electron chi connectivity index (χ1n) is 17.6. The van der Waals surface area contributed by atoms with Gasteiger partial charge in [0.1, 0.15) is 12.4 Å². The molecule has 3 aromatic carbocycles. The number of fused-ring (bicyclic) bond motifs is 1. The van der Waals surface area contributed by atoms with E-state index in [1.165, 1.54) is 0 Å². The number of piperidine rings is 1. The van der Waals surface area contributed by atoms with Gasteiger partial charge in [0, 0.05) is 51.8 Å². The van der Waals surface area contributed by atoms with Gasteiger partial charge in [-0.05, 0) is 60.7 Å². The average Bonchev–Trinajstić information content (AvgIpc) is 3.14. The topological polar surface area (TPSA) is 125 Å². The third-order valence-electron chi connectivity index (χ3n) is 9.42. The molecule has 0 amide bonds. The lowest BCUT2D eigenvalue weighted by atomic mass is 9.84. The van der Waals surface area contributed by atoms with Gasteiger partial charge in [-0.2, -0.15) is 0 Å². The lowest BCUT2D eigenvalue weighted by Crippen LogP contribution is -2.49. The fraction of sp³-hybridized carbons (Fsp3) is 0.513. The zero-order valence-corrected chi connectivity index (χ0v) is 30.9. The summed E-state index contributed by atoms with van der Waals surface area (Å²) in [5, 5.41) is 3.44. The molecular weight excluding hydrogens is 671 g/mol. The van der Waals surface area contributed by atoms with Crippen LogP contribution in [-0.4, -0.2) is 93.5 Å². The van der Waals surface area contributed by atoms with Crippen molar-refractivity contribution in [2.45, 2.75) is 61.7 Å². The van der Waals surface area contributed by atoms with Gasteiger partial charge in [0.25, 0.3) is 0 Å². The third-order valence-corrected chi connectivity index (χ3v) is 11.3. The van der Waals surface area contributed by atoms with Crippen LogP contribution in [0.5, 0.6) is 5.75 Å². The third kappa shape index (κ3) is 10.3. The highest BCUT2D eigenvalue weighted by Crippen LogP contribution is 2.41. The van der Waals surface area contributed by atoms with Crippen molar-refractivity contribution >= 4 is 21.6 Å². The van der Waals surface area contributed by atoms with E-state index < -0.39 is 21.4 Å². The molecule has 2 heterocycles. The number of methoxy groups -OCH3 is 2. The Balaban J connectivity index is 1.47. The summed E-state index contributed by atoms with van der Waals surface area (Å²) in [5.74, 6) is 0.817. The molecule has 0 spiro atoms. The highest BCUT2D eigenvalue weighted by molar-refractivity contribution is 7.91. The maximum Gasteiger partial charge on any atom is 0.234 e. The van der Waals surface area contributed by atoms with E-state index in [4.69, 9.17) is 23.7 Å². The van der Waals surface area contributed by atoms with Gasteiger partial charge in [-0.1, -0.05) is 55.0 Å². The number of nitrogens with one attached hydrogen (secondary N) is 1. The van der Waals surface area contributed by atoms with Gasteiger partial charge in [-0.15, -0.1) is 0 Å². The molecule has 12 heteroatoms. The van der Waals surface area contributed by atoms with Gasteiger partial charge in [0.2, 0.25) is 15.9 Å². The summed E-state index contributed by atoms with van der Waals surface area (Å²) in [6, 6.07) is 20.5. The molecule has 0 saturated carbocycles. The van der Waals surface area contributed by atoms with Crippen LogP contribution in [-0.2, 0) is 40.2 Å². The molecule has 3 aromatic rings. The maximum absolute atomic E-state index is 14.6. The van der Waals surface area contributed by atoms with E-state index in [2.05, 4.69) is 34.3 Å². The predicted molar refractivity (Wildman–Crippen MR) is 196 cm³/mol. The minimum atomic E-state index is -4.02. The zero-order valence-electron chi connectivity index (χ0n) is 30.1. The summed E-state index contributed by atoms with van der Waals surface area (Å²) in [7, 11) is -0.653. The van der Waals surface area contributed by atoms with Gasteiger partial charge >= 0.3 is 0 Å². The second-order valence-electron chi connectivity index (χ2n) is 13.5. The van der Waals surface area contributed by atoms with Crippen molar-refractivity contribution in [1.29, 1.82) is 0 Å². The van der Waals surface area contributed by atoms with Gasteiger partial charge < -0.3 is 33.9 Å². The Morgan fingerprint density at radius 2 is 1.82 bits per heavy atom. The first kappa shape index (κ1) is 38.6. The van der Waals surface area contributed by atoms with Crippen molar-refractivity contribution in [1.82, 2.24) is 5.32 Å². The molecule has 51 heavy (non-hydrogen) atoms. The van der Waals surface area contributed by atoms with Crippen LogP contribution in [0.25, 0.3) is 0 Å². The van der Waals surface area contributed by atoms with Crippen LogP contribution < -0.4 is 15.0 Å². The minimum absolute atomic E-state index is 0.102. The fourth-order valence-electron chi connectivity index (χ4n) is 6.73. The molecule has 0 aromatic heterocycles. The van der Waals surface area contributed by atoms with Gasteiger partial charge in [-0.25, -0.2) is 18.2 Å². The standard InChI is InChI=1S/C39H51N3O8S/c1-28-6-13-34(14-7-28)51(44,45)39(32-12-15-37-36(20-32)42(17-19-49-37)16-5-18-46-3)50-38-23-41-33(22-40-27-43)21-35(38)31-10-8-30(9-11-31)26-48-25-29(2)24-47-4/h6-15,20,29,33,35,38-39,41H,5,16-19,21-26H2,1-4H3/t29?,33-,35-,38+,39?/m1/s1. The molecule has 0 radical (unpaired) electrons. The maximum atomic E-state index is 14.6. The predicted octanol–water partition coefficient (Wildman–Crippen LogP) is 5.37. The molecule has 2 aliphatic heterocycles. The lowest BCUT2D eigenvalue weighted by Gasteiger charge is -2.39. The van der Waals surface area contributed by atoms with Crippen LogP contribution in [0.1, 0.15) is 53.4 Å². The first-order chi connectivity index (χ1) is 24.7. The van der Waals surface area contributed by atoms with Gasteiger partial charge in [0.05, 0.1) is 49.6 Å². The molecule has 1 fully saturated rings. The smallest absolute Gasteiger partial charge is 0.234 e. The number of benzene rings is 3. The monoisotopic (exact) mass is 721 g/mol. The van der Waals surface area contributed by atoms with Gasteiger partial charge in [-0.3, -0.25) is 0 Å². The van der Waals surface area contributed by atoms with Crippen molar-refractivity contribution < 1.29 is 36.9 Å². The van der Waals surface area contributed by atoms with E-state index in [0.717, 1.165) is 35.3 Å². The summed E-state index contributed by atoms with van der Waals surface area (Å²) in [4.78, 5) is 17.2. The van der Waals surface area contributed by atoms with Crippen molar-refractivity contribution in [3.63, 3.8) is 0 Å². The van der Waals surface area contributed by atoms with Crippen LogP contribution in [0.15, 0.2) is 76.6 Å². The summed E-state index contributed by atoms with van der Waals surface area (Å²) in [6.07, 6.45) is 2.54. The number of rotatable bonds is 18. The molecule has 1 N–H and O–H groups in total. The van der Waals surface area contributed by atoms with Crippen LogP contribution >= 0.6 is 0 Å². The normalized spacial score (nSPS) is 20.2. The van der Waals surface area contributed by atoms with Crippen LogP contribution in [0.3, 0.4) is 0 Å². The second-order valence-corrected chi connectivity index (χ2v) is 15.5. The van der Waals surface area contributed by atoms with Gasteiger partial charge in [0.15, 0.2) is 5.44 Å². The van der Waals surface area contributed by atoms with Crippen molar-refractivity contribution in [3.05, 3.63) is 89.0 Å². The molecule has 5 rings (SSSR count). The number of nitrogens with zero attached hydrogens (tertiary/aromatic N) is 2. The number of hydrogen-bond donors (Lipinski definition) is 1. The SMILES string of the molecule is COCCCN1CCOc2ccc(C(O[C@H]3CN[C@@H](CN=C=O)C[C@@H]3c3ccc(COCC(C)COC)cc3)S(=O)(=O)c3ccc(C)cc3)cc21. The Morgan fingerprint density at radius 1 is 1.04 bits per heavy atom. The van der Waals surface area contributed by atoms with Crippen molar-refractivity contribution in [2.24, 2.45) is 10.9 Å². The molecule has 1 saturated heterocycles. The number of anilines is 1. The number of isocyanates is 1. The lowest BCUT2D eigenvalue weighted by molar-refractivity contribution is -0.00546. The number of hydrogen-bond acceptors (Lipinski definition) is 11. The van der Waals surface area contributed by atoms with Crippen LogP contribution in [0, 0.1) is 12.8 Å². The first-order valence-corrected chi connectivity index (χ1v) is 19.2. The highest BCUT2D eigenvalue weighted by Gasteiger charge is 2.39. The van der Waals surface area contributed by atoms with E-state index in [0.29, 0.717) is 69.8 Å². The number of carbonyl (C=O) groups excluding carboxylic acids is 1. The molecule has 276 valence electrons. The molecule has 0 bridgehead atoms. The van der Waals surface area contributed by atoms with E-state index in [9.17, 15) is 13.2 Å². The molecular formula is C39H51N3O8S. The van der Waals surface area contributed by atoms with Crippen molar-refractivity contribution in [2.75, 3.05) is 71.7 Å². The Kier molecular flexibility index (Phi) is 14.2. The Hall–Kier alpha value is -3.61. The highest BCUT2D eigenvalue weighted by atomic mass is 32.2. The fourth-order valence-corrected chi connectivity index (χ4v) is 8.28. The molecule has 5 atom stereocenters. The largest absolute Gasteiger partial charge is 0.490 e. The van der Waals surface area contributed by atoms with E-state index in [1.54, 1.807) is 50.6 Å². The van der Waals surface area contributed by atoms with Crippen molar-refractivity contribution in [3.8, 4) is 5.75 Å². The number of sulfone groups is 1. The molecule has 11 nitrogen and oxygen atoms in total. The van der Waals surface area contributed by atoms with E-state index in [-0.39, 0.29) is 23.4 Å². The minimum Gasteiger partial charge on any atom is -0.490 e. The Bertz CT molecular complexity index is 1700. The molecule has 2 aliphatic rings. The number of aliphatic imine (C=N–C) groups is 1. The van der Waals surface area contributed by atoms with E-state index in [1.807, 2.05) is 31.2 Å². The number of ether oxygens (including phenoxy) is 5.